The van der Waals surface area contributed by atoms with Crippen molar-refractivity contribution in [1.29, 1.82) is 0 Å². The Balaban J connectivity index is 1.81. The highest BCUT2D eigenvalue weighted by Crippen LogP contribution is 2.34. The van der Waals surface area contributed by atoms with E-state index in [1.54, 1.807) is 0 Å². The molecule has 2 N–H and O–H groups in total. The Labute approximate surface area is 154 Å². The summed E-state index contributed by atoms with van der Waals surface area (Å²) in [4.78, 5) is 31.4. The second-order valence-corrected chi connectivity index (χ2v) is 6.40. The van der Waals surface area contributed by atoms with Gasteiger partial charge in [0.25, 0.3) is 5.69 Å². The number of nitrogens with zero attached hydrogens (tertiary/aromatic N) is 5. The summed E-state index contributed by atoms with van der Waals surface area (Å²) in [7, 11) is 0. The van der Waals surface area contributed by atoms with E-state index in [0.29, 0.717) is 24.7 Å². The molecule has 1 aliphatic heterocycles. The average Bonchev–Trinajstić information content (AvgIpc) is 2.66. The topological polar surface area (TPSA) is 139 Å². The molecule has 1 unspecified atom stereocenters. The van der Waals surface area contributed by atoms with Crippen LogP contribution in [0.1, 0.15) is 19.8 Å². The highest BCUT2D eigenvalue weighted by atomic mass is 16.6. The van der Waals surface area contributed by atoms with Gasteiger partial charge in [0.05, 0.1) is 15.5 Å². The first-order valence-corrected chi connectivity index (χ1v) is 8.46. The zero-order valence-electron chi connectivity index (χ0n) is 14.7. The number of anilines is 3. The first-order valence-electron chi connectivity index (χ1n) is 8.46. The van der Waals surface area contributed by atoms with E-state index < -0.39 is 9.85 Å². The maximum atomic E-state index is 11.7. The van der Waals surface area contributed by atoms with E-state index in [9.17, 15) is 20.2 Å². The fourth-order valence-electron chi connectivity index (χ4n) is 3.04. The molecule has 0 bridgehead atoms. The molecule has 0 radical (unpaired) electrons. The van der Waals surface area contributed by atoms with Gasteiger partial charge in [0, 0.05) is 25.2 Å². The van der Waals surface area contributed by atoms with Crippen molar-refractivity contribution in [3.63, 3.8) is 0 Å². The summed E-state index contributed by atoms with van der Waals surface area (Å²) in [5.74, 6) is 0.749. The Morgan fingerprint density at radius 1 is 1.11 bits per heavy atom. The minimum Gasteiger partial charge on any atom is -0.350 e. The van der Waals surface area contributed by atoms with Crippen LogP contribution in [-0.4, -0.2) is 32.9 Å². The number of nitro groups is 2. The Kier molecular flexibility index (Phi) is 5.29. The van der Waals surface area contributed by atoms with E-state index >= 15 is 0 Å². The van der Waals surface area contributed by atoms with Crippen molar-refractivity contribution in [2.45, 2.75) is 19.8 Å². The number of hydrogen-bond donors (Lipinski definition) is 2. The van der Waals surface area contributed by atoms with E-state index in [0.717, 1.165) is 12.8 Å². The quantitative estimate of drug-likeness (QED) is 0.577. The summed E-state index contributed by atoms with van der Waals surface area (Å²) >= 11 is 0. The molecular formula is C16H19N7O4. The third kappa shape index (κ3) is 4.19. The SMILES string of the molecule is CC1CCCN(c2ncnc(NNc3ccc([N+](=O)[O-])cc3)c2[N+](=O)[O-])C1. The Morgan fingerprint density at radius 3 is 2.48 bits per heavy atom. The van der Waals surface area contributed by atoms with Gasteiger partial charge in [-0.1, -0.05) is 6.92 Å². The molecule has 27 heavy (non-hydrogen) atoms. The van der Waals surface area contributed by atoms with Crippen molar-refractivity contribution in [3.05, 3.63) is 50.8 Å². The van der Waals surface area contributed by atoms with Gasteiger partial charge in [-0.3, -0.25) is 31.1 Å². The number of aromatic nitrogens is 2. The molecule has 0 spiro atoms. The fourth-order valence-corrected chi connectivity index (χ4v) is 3.04. The number of benzene rings is 1. The number of nitro benzene ring substituents is 1. The monoisotopic (exact) mass is 373 g/mol. The average molecular weight is 373 g/mol. The lowest BCUT2D eigenvalue weighted by molar-refractivity contribution is -0.384. The second kappa shape index (κ2) is 7.81. The third-order valence-electron chi connectivity index (χ3n) is 4.35. The summed E-state index contributed by atoms with van der Waals surface area (Å²) in [6.45, 7) is 3.51. The first kappa shape index (κ1) is 18.3. The van der Waals surface area contributed by atoms with Crippen LogP contribution in [0.4, 0.5) is 28.7 Å². The van der Waals surface area contributed by atoms with Crippen LogP contribution in [0.3, 0.4) is 0 Å². The predicted molar refractivity (Wildman–Crippen MR) is 99.6 cm³/mol. The van der Waals surface area contributed by atoms with E-state index in [2.05, 4.69) is 27.7 Å². The molecular weight excluding hydrogens is 354 g/mol. The molecule has 2 aromatic rings. The van der Waals surface area contributed by atoms with Gasteiger partial charge in [-0.2, -0.15) is 0 Å². The molecule has 1 aromatic heterocycles. The zero-order valence-corrected chi connectivity index (χ0v) is 14.7. The number of piperidine rings is 1. The minimum atomic E-state index is -0.506. The van der Waals surface area contributed by atoms with E-state index in [1.165, 1.54) is 30.6 Å². The molecule has 2 heterocycles. The van der Waals surface area contributed by atoms with Crippen molar-refractivity contribution in [2.24, 2.45) is 5.92 Å². The van der Waals surface area contributed by atoms with Crippen molar-refractivity contribution in [1.82, 2.24) is 9.97 Å². The summed E-state index contributed by atoms with van der Waals surface area (Å²) < 4.78 is 0. The second-order valence-electron chi connectivity index (χ2n) is 6.40. The molecule has 0 amide bonds. The van der Waals surface area contributed by atoms with Crippen LogP contribution in [0.5, 0.6) is 0 Å². The van der Waals surface area contributed by atoms with Gasteiger partial charge in [0.1, 0.15) is 6.33 Å². The molecule has 1 fully saturated rings. The van der Waals surface area contributed by atoms with Gasteiger partial charge in [-0.05, 0) is 30.9 Å². The van der Waals surface area contributed by atoms with Crippen LogP contribution < -0.4 is 15.8 Å². The molecule has 1 aromatic carbocycles. The maximum Gasteiger partial charge on any atom is 0.355 e. The summed E-state index contributed by atoms with van der Waals surface area (Å²) in [5.41, 5.74) is 5.73. The molecule has 0 saturated carbocycles. The minimum absolute atomic E-state index is 0.0292. The van der Waals surface area contributed by atoms with Crippen LogP contribution in [0.2, 0.25) is 0 Å². The fraction of sp³-hybridized carbons (Fsp3) is 0.375. The van der Waals surface area contributed by atoms with E-state index in [1.807, 2.05) is 4.90 Å². The highest BCUT2D eigenvalue weighted by Gasteiger charge is 2.29. The smallest absolute Gasteiger partial charge is 0.350 e. The lowest BCUT2D eigenvalue weighted by Gasteiger charge is -2.31. The van der Waals surface area contributed by atoms with Crippen LogP contribution in [-0.2, 0) is 0 Å². The van der Waals surface area contributed by atoms with Gasteiger partial charge in [0.2, 0.25) is 11.6 Å². The Bertz CT molecular complexity index is 843. The molecule has 142 valence electrons. The van der Waals surface area contributed by atoms with Crippen LogP contribution in [0.15, 0.2) is 30.6 Å². The molecule has 1 aliphatic rings. The molecule has 3 rings (SSSR count). The number of non-ortho nitro benzene ring substituents is 1. The van der Waals surface area contributed by atoms with Gasteiger partial charge < -0.3 is 4.90 Å². The number of rotatable bonds is 6. The van der Waals surface area contributed by atoms with Crippen molar-refractivity contribution < 1.29 is 9.85 Å². The standard InChI is InChI=1S/C16H19N7O4/c1-11-3-2-8-21(9-11)16-14(23(26)27)15(17-10-18-16)20-19-12-4-6-13(7-5-12)22(24)25/h4-7,10-11,19H,2-3,8-9H2,1H3,(H,17,18,20). The summed E-state index contributed by atoms with van der Waals surface area (Å²) in [6.07, 6.45) is 3.32. The van der Waals surface area contributed by atoms with Gasteiger partial charge >= 0.3 is 5.69 Å². The third-order valence-corrected chi connectivity index (χ3v) is 4.35. The lowest BCUT2D eigenvalue weighted by atomic mass is 10.0. The molecule has 1 saturated heterocycles. The van der Waals surface area contributed by atoms with Gasteiger partial charge in [0.15, 0.2) is 0 Å². The normalized spacial score (nSPS) is 16.6. The highest BCUT2D eigenvalue weighted by molar-refractivity contribution is 5.71. The summed E-state index contributed by atoms with van der Waals surface area (Å²) in [5, 5.41) is 22.3. The van der Waals surface area contributed by atoms with Gasteiger partial charge in [-0.25, -0.2) is 9.97 Å². The Hall–Kier alpha value is -3.50. The number of hydrogen-bond acceptors (Lipinski definition) is 9. The van der Waals surface area contributed by atoms with Crippen molar-refractivity contribution in [2.75, 3.05) is 28.8 Å². The zero-order chi connectivity index (χ0) is 19.4. The van der Waals surface area contributed by atoms with Crippen LogP contribution in [0.25, 0.3) is 0 Å². The largest absolute Gasteiger partial charge is 0.355 e. The molecule has 1 atom stereocenters. The molecule has 11 nitrogen and oxygen atoms in total. The van der Waals surface area contributed by atoms with Crippen LogP contribution >= 0.6 is 0 Å². The maximum absolute atomic E-state index is 11.7. The van der Waals surface area contributed by atoms with Gasteiger partial charge in [-0.15, -0.1) is 0 Å². The molecule has 11 heteroatoms. The lowest BCUT2D eigenvalue weighted by Crippen LogP contribution is -2.35. The van der Waals surface area contributed by atoms with E-state index in [4.69, 9.17) is 0 Å². The first-order chi connectivity index (χ1) is 13.0. The van der Waals surface area contributed by atoms with E-state index in [-0.39, 0.29) is 23.0 Å². The number of hydrazine groups is 1. The van der Waals surface area contributed by atoms with Crippen LogP contribution in [0, 0.1) is 26.1 Å². The number of nitrogens with one attached hydrogen (secondary N) is 2. The van der Waals surface area contributed by atoms with Crippen molar-refractivity contribution >= 4 is 28.7 Å². The Morgan fingerprint density at radius 2 is 1.85 bits per heavy atom. The molecule has 0 aliphatic carbocycles. The summed E-state index contributed by atoms with van der Waals surface area (Å²) in [6, 6.07) is 5.65. The van der Waals surface area contributed by atoms with Crippen molar-refractivity contribution in [3.8, 4) is 0 Å². The predicted octanol–water partition coefficient (Wildman–Crippen LogP) is 2.97.